The molecule has 0 aromatic heterocycles. The molecule has 3 rings (SSSR count). The first kappa shape index (κ1) is 15.5. The summed E-state index contributed by atoms with van der Waals surface area (Å²) in [6, 6.07) is 4.55. The number of nitrogens with one attached hydrogen (secondary N) is 2. The number of hydrogen-bond acceptors (Lipinski definition) is 4. The Morgan fingerprint density at radius 2 is 2.18 bits per heavy atom. The van der Waals surface area contributed by atoms with Gasteiger partial charge in [-0.1, -0.05) is 0 Å². The summed E-state index contributed by atoms with van der Waals surface area (Å²) in [7, 11) is -3.59. The van der Waals surface area contributed by atoms with E-state index in [9.17, 15) is 13.2 Å². The second-order valence-corrected chi connectivity index (χ2v) is 7.54. The molecule has 2 heterocycles. The summed E-state index contributed by atoms with van der Waals surface area (Å²) < 4.78 is 33.2. The lowest BCUT2D eigenvalue weighted by molar-refractivity contribution is -0.116. The van der Waals surface area contributed by atoms with Gasteiger partial charge in [0.15, 0.2) is 0 Å². The number of anilines is 1. The molecule has 0 bridgehead atoms. The van der Waals surface area contributed by atoms with E-state index in [1.165, 1.54) is 6.07 Å². The number of hydrogen-bond donors (Lipinski definition) is 2. The Bertz CT molecular complexity index is 681. The number of amides is 1. The molecule has 0 unspecified atom stereocenters. The van der Waals surface area contributed by atoms with Crippen LogP contribution < -0.4 is 10.0 Å². The highest BCUT2D eigenvalue weighted by Gasteiger charge is 2.27. The molecule has 1 amide bonds. The van der Waals surface area contributed by atoms with Crippen molar-refractivity contribution < 1.29 is 17.9 Å². The van der Waals surface area contributed by atoms with Crippen LogP contribution in [0.3, 0.4) is 0 Å². The molecule has 0 saturated carbocycles. The van der Waals surface area contributed by atoms with E-state index in [1.54, 1.807) is 12.1 Å². The predicted molar refractivity (Wildman–Crippen MR) is 82.2 cm³/mol. The van der Waals surface area contributed by atoms with Crippen molar-refractivity contribution in [3.05, 3.63) is 23.8 Å². The van der Waals surface area contributed by atoms with E-state index in [-0.39, 0.29) is 22.9 Å². The number of fused-ring (bicyclic) bond motifs is 1. The Balaban J connectivity index is 1.78. The standard InChI is InChI=1S/C15H20N2O4S/c1-10(14-3-2-8-21-14)17-22(19,20)12-5-6-13-11(9-12)4-7-15(18)16-13/h5-6,9-10,14,17H,2-4,7-8H2,1H3,(H,16,18)/t10-,14-/m1/s1. The highest BCUT2D eigenvalue weighted by Crippen LogP contribution is 2.26. The average Bonchev–Trinajstić information content (AvgIpc) is 3.00. The lowest BCUT2D eigenvalue weighted by Gasteiger charge is -2.21. The van der Waals surface area contributed by atoms with Gasteiger partial charge in [0.2, 0.25) is 15.9 Å². The minimum absolute atomic E-state index is 0.0340. The number of carbonyl (C=O) groups is 1. The number of rotatable bonds is 4. The topological polar surface area (TPSA) is 84.5 Å². The molecule has 2 atom stereocenters. The van der Waals surface area contributed by atoms with Crippen molar-refractivity contribution in [1.82, 2.24) is 4.72 Å². The quantitative estimate of drug-likeness (QED) is 0.877. The van der Waals surface area contributed by atoms with Crippen LogP contribution in [-0.4, -0.2) is 33.1 Å². The molecular formula is C15H20N2O4S. The maximum absolute atomic E-state index is 12.5. The van der Waals surface area contributed by atoms with Crippen LogP contribution in [0.4, 0.5) is 5.69 Å². The van der Waals surface area contributed by atoms with E-state index in [4.69, 9.17) is 4.74 Å². The van der Waals surface area contributed by atoms with Crippen LogP contribution >= 0.6 is 0 Å². The molecule has 0 spiro atoms. The summed E-state index contributed by atoms with van der Waals surface area (Å²) in [6.45, 7) is 2.52. The van der Waals surface area contributed by atoms with Gasteiger partial charge in [-0.05, 0) is 49.9 Å². The van der Waals surface area contributed by atoms with Gasteiger partial charge in [-0.3, -0.25) is 4.79 Å². The Morgan fingerprint density at radius 1 is 1.36 bits per heavy atom. The van der Waals surface area contributed by atoms with Crippen molar-refractivity contribution >= 4 is 21.6 Å². The molecule has 2 aliphatic heterocycles. The first-order chi connectivity index (χ1) is 10.5. The predicted octanol–water partition coefficient (Wildman–Crippen LogP) is 1.42. The maximum atomic E-state index is 12.5. The highest BCUT2D eigenvalue weighted by atomic mass is 32.2. The fourth-order valence-corrected chi connectivity index (χ4v) is 4.23. The molecular weight excluding hydrogens is 304 g/mol. The fraction of sp³-hybridized carbons (Fsp3) is 0.533. The smallest absolute Gasteiger partial charge is 0.240 e. The molecule has 0 aliphatic carbocycles. The Kier molecular flexibility index (Phi) is 4.20. The van der Waals surface area contributed by atoms with Crippen LogP contribution in [0.2, 0.25) is 0 Å². The molecule has 1 aromatic rings. The summed E-state index contributed by atoms with van der Waals surface area (Å²) in [5, 5.41) is 2.75. The third kappa shape index (κ3) is 3.16. The van der Waals surface area contributed by atoms with Gasteiger partial charge in [0.1, 0.15) is 0 Å². The van der Waals surface area contributed by atoms with Gasteiger partial charge in [-0.25, -0.2) is 13.1 Å². The van der Waals surface area contributed by atoms with E-state index in [0.29, 0.717) is 25.1 Å². The first-order valence-electron chi connectivity index (χ1n) is 7.52. The number of carbonyl (C=O) groups excluding carboxylic acids is 1. The lowest BCUT2D eigenvalue weighted by Crippen LogP contribution is -2.40. The number of benzene rings is 1. The van der Waals surface area contributed by atoms with Crippen molar-refractivity contribution in [2.24, 2.45) is 0 Å². The molecule has 22 heavy (non-hydrogen) atoms. The number of aryl methyl sites for hydroxylation is 1. The lowest BCUT2D eigenvalue weighted by atomic mass is 10.0. The van der Waals surface area contributed by atoms with Gasteiger partial charge in [0.25, 0.3) is 0 Å². The minimum atomic E-state index is -3.59. The first-order valence-corrected chi connectivity index (χ1v) is 9.01. The summed E-state index contributed by atoms with van der Waals surface area (Å²) >= 11 is 0. The van der Waals surface area contributed by atoms with Crippen molar-refractivity contribution in [2.45, 2.75) is 49.6 Å². The molecule has 0 radical (unpaired) electrons. The second-order valence-electron chi connectivity index (χ2n) is 5.83. The summed E-state index contributed by atoms with van der Waals surface area (Å²) in [5.74, 6) is -0.0340. The van der Waals surface area contributed by atoms with Crippen LogP contribution in [0.5, 0.6) is 0 Å². The molecule has 1 saturated heterocycles. The van der Waals surface area contributed by atoms with Crippen molar-refractivity contribution in [3.63, 3.8) is 0 Å². The third-order valence-corrected chi connectivity index (χ3v) is 5.70. The average molecular weight is 324 g/mol. The van der Waals surface area contributed by atoms with E-state index < -0.39 is 10.0 Å². The van der Waals surface area contributed by atoms with Crippen molar-refractivity contribution in [2.75, 3.05) is 11.9 Å². The van der Waals surface area contributed by atoms with Gasteiger partial charge in [-0.2, -0.15) is 0 Å². The summed E-state index contributed by atoms with van der Waals surface area (Å²) in [5.41, 5.74) is 1.55. The van der Waals surface area contributed by atoms with Gasteiger partial charge >= 0.3 is 0 Å². The van der Waals surface area contributed by atoms with Gasteiger partial charge in [0, 0.05) is 24.8 Å². The van der Waals surface area contributed by atoms with E-state index in [2.05, 4.69) is 10.0 Å². The normalized spacial score (nSPS) is 23.0. The van der Waals surface area contributed by atoms with Crippen molar-refractivity contribution in [3.8, 4) is 0 Å². The zero-order valence-corrected chi connectivity index (χ0v) is 13.3. The van der Waals surface area contributed by atoms with E-state index >= 15 is 0 Å². The minimum Gasteiger partial charge on any atom is -0.377 e. The molecule has 7 heteroatoms. The Labute approximate surface area is 130 Å². The maximum Gasteiger partial charge on any atom is 0.240 e. The zero-order chi connectivity index (χ0) is 15.7. The molecule has 1 fully saturated rings. The largest absolute Gasteiger partial charge is 0.377 e. The van der Waals surface area contributed by atoms with Crippen LogP contribution in [0.25, 0.3) is 0 Å². The number of sulfonamides is 1. The van der Waals surface area contributed by atoms with Gasteiger partial charge in [-0.15, -0.1) is 0 Å². The molecule has 1 aromatic carbocycles. The second kappa shape index (κ2) is 5.98. The van der Waals surface area contributed by atoms with Crippen LogP contribution in [-0.2, 0) is 26.0 Å². The highest BCUT2D eigenvalue weighted by molar-refractivity contribution is 7.89. The Morgan fingerprint density at radius 3 is 2.91 bits per heavy atom. The molecule has 2 N–H and O–H groups in total. The monoisotopic (exact) mass is 324 g/mol. The van der Waals surface area contributed by atoms with E-state index in [1.807, 2.05) is 6.92 Å². The summed E-state index contributed by atoms with van der Waals surface area (Å²) in [4.78, 5) is 11.6. The van der Waals surface area contributed by atoms with Crippen molar-refractivity contribution in [1.29, 1.82) is 0 Å². The zero-order valence-electron chi connectivity index (χ0n) is 12.5. The fourth-order valence-electron chi connectivity index (χ4n) is 2.91. The van der Waals surface area contributed by atoms with Gasteiger partial charge < -0.3 is 10.1 Å². The molecule has 120 valence electrons. The molecule has 2 aliphatic rings. The number of ether oxygens (including phenoxy) is 1. The van der Waals surface area contributed by atoms with E-state index in [0.717, 1.165) is 18.4 Å². The Hall–Kier alpha value is -1.44. The van der Waals surface area contributed by atoms with Crippen LogP contribution in [0, 0.1) is 0 Å². The third-order valence-electron chi connectivity index (χ3n) is 4.15. The van der Waals surface area contributed by atoms with Crippen LogP contribution in [0.15, 0.2) is 23.1 Å². The van der Waals surface area contributed by atoms with Gasteiger partial charge in [0.05, 0.1) is 11.0 Å². The molecule has 6 nitrogen and oxygen atoms in total. The van der Waals surface area contributed by atoms with Crippen LogP contribution in [0.1, 0.15) is 31.7 Å². The summed E-state index contributed by atoms with van der Waals surface area (Å²) in [6.07, 6.45) is 2.73. The SMILES string of the molecule is C[C@@H](NS(=O)(=O)c1ccc2c(c1)CCC(=O)N2)[C@H]1CCCO1.